The van der Waals surface area contributed by atoms with E-state index in [9.17, 15) is 9.59 Å². The number of methoxy groups -OCH3 is 2. The summed E-state index contributed by atoms with van der Waals surface area (Å²) in [6.45, 7) is 2.40. The molecular formula is C15H15IO6. The third kappa shape index (κ3) is 2.95. The molecule has 1 aliphatic rings. The van der Waals surface area contributed by atoms with Crippen LogP contribution in [0.3, 0.4) is 0 Å². The number of benzene rings is 1. The molecule has 1 aromatic carbocycles. The van der Waals surface area contributed by atoms with Gasteiger partial charge in [-0.1, -0.05) is 0 Å². The summed E-state index contributed by atoms with van der Waals surface area (Å²) >= 11 is 2.01. The van der Waals surface area contributed by atoms with Gasteiger partial charge in [-0.05, 0) is 35.6 Å². The minimum Gasteiger partial charge on any atom is -0.495 e. The summed E-state index contributed by atoms with van der Waals surface area (Å²) in [6, 6.07) is 1.52. The van der Waals surface area contributed by atoms with Gasteiger partial charge in [-0.3, -0.25) is 9.59 Å². The Labute approximate surface area is 141 Å². The molecule has 2 rings (SSSR count). The Balaban J connectivity index is 2.55. The van der Waals surface area contributed by atoms with E-state index in [0.717, 1.165) is 0 Å². The van der Waals surface area contributed by atoms with E-state index in [1.165, 1.54) is 26.4 Å². The summed E-state index contributed by atoms with van der Waals surface area (Å²) in [4.78, 5) is 24.6. The smallest absolute Gasteiger partial charge is 0.228 e. The number of hydrogen-bond acceptors (Lipinski definition) is 6. The molecule has 22 heavy (non-hydrogen) atoms. The van der Waals surface area contributed by atoms with E-state index in [0.29, 0.717) is 21.7 Å². The molecule has 0 fully saturated rings. The molecule has 0 atom stereocenters. The molecule has 0 N–H and O–H groups in total. The van der Waals surface area contributed by atoms with Crippen molar-refractivity contribution in [3.05, 3.63) is 32.6 Å². The predicted octanol–water partition coefficient (Wildman–Crippen LogP) is 2.58. The Bertz CT molecular complexity index is 650. The number of rotatable bonds is 6. The molecule has 0 aromatic heterocycles. The molecule has 1 aromatic rings. The van der Waals surface area contributed by atoms with Gasteiger partial charge in [-0.15, -0.1) is 0 Å². The monoisotopic (exact) mass is 418 g/mol. The van der Waals surface area contributed by atoms with Gasteiger partial charge < -0.3 is 18.9 Å². The van der Waals surface area contributed by atoms with Crippen molar-refractivity contribution in [1.29, 1.82) is 0 Å². The number of carbonyl (C=O) groups excluding carboxylic acids is 2. The van der Waals surface area contributed by atoms with Crippen molar-refractivity contribution in [1.82, 2.24) is 0 Å². The quantitative estimate of drug-likeness (QED) is 0.402. The first kappa shape index (κ1) is 16.8. The van der Waals surface area contributed by atoms with Gasteiger partial charge in [-0.25, -0.2) is 0 Å². The number of Topliss-reactive ketones (excluding diaryl/α,β-unsaturated/α-hetero) is 1. The average molecular weight is 418 g/mol. The number of fused-ring (bicyclic) bond motifs is 1. The van der Waals surface area contributed by atoms with Crippen molar-refractivity contribution >= 4 is 34.2 Å². The highest BCUT2D eigenvalue weighted by atomic mass is 127. The van der Waals surface area contributed by atoms with Gasteiger partial charge in [0.15, 0.2) is 18.3 Å². The van der Waals surface area contributed by atoms with Crippen LogP contribution in [-0.2, 0) is 9.47 Å². The van der Waals surface area contributed by atoms with Gasteiger partial charge in [0.05, 0.1) is 23.4 Å². The lowest BCUT2D eigenvalue weighted by atomic mass is 9.92. The molecule has 0 saturated carbocycles. The van der Waals surface area contributed by atoms with Gasteiger partial charge in [0, 0.05) is 18.2 Å². The average Bonchev–Trinajstić information content (AvgIpc) is 2.51. The maximum atomic E-state index is 12.4. The molecule has 0 saturated heterocycles. The fourth-order valence-electron chi connectivity index (χ4n) is 2.06. The van der Waals surface area contributed by atoms with E-state index in [-0.39, 0.29) is 35.2 Å². The highest BCUT2D eigenvalue weighted by molar-refractivity contribution is 14.1. The molecule has 0 heterocycles. The van der Waals surface area contributed by atoms with E-state index in [2.05, 4.69) is 0 Å². The van der Waals surface area contributed by atoms with Gasteiger partial charge in [0.2, 0.25) is 5.78 Å². The SMILES string of the molecule is CCOCOc1cc2c(c(OC)c1I)C(=O)C=C(OC)C2=O. The van der Waals surface area contributed by atoms with Gasteiger partial charge in [0.1, 0.15) is 11.5 Å². The maximum absolute atomic E-state index is 12.4. The number of ether oxygens (including phenoxy) is 4. The summed E-state index contributed by atoms with van der Waals surface area (Å²) in [6.07, 6.45) is 1.17. The van der Waals surface area contributed by atoms with Crippen LogP contribution in [0.4, 0.5) is 0 Å². The van der Waals surface area contributed by atoms with Crippen LogP contribution in [0.15, 0.2) is 17.9 Å². The Morgan fingerprint density at radius 2 is 1.91 bits per heavy atom. The minimum absolute atomic E-state index is 0.00322. The van der Waals surface area contributed by atoms with Gasteiger partial charge >= 0.3 is 0 Å². The number of allylic oxidation sites excluding steroid dienone is 2. The van der Waals surface area contributed by atoms with Crippen LogP contribution in [0.5, 0.6) is 11.5 Å². The van der Waals surface area contributed by atoms with Gasteiger partial charge in [-0.2, -0.15) is 0 Å². The molecule has 0 spiro atoms. The van der Waals surface area contributed by atoms with Crippen LogP contribution in [0.2, 0.25) is 0 Å². The lowest BCUT2D eigenvalue weighted by Crippen LogP contribution is -2.20. The molecule has 6 nitrogen and oxygen atoms in total. The molecule has 118 valence electrons. The zero-order chi connectivity index (χ0) is 16.3. The normalized spacial score (nSPS) is 13.5. The molecule has 0 amide bonds. The van der Waals surface area contributed by atoms with Crippen LogP contribution < -0.4 is 9.47 Å². The lowest BCUT2D eigenvalue weighted by molar-refractivity contribution is 0.0217. The van der Waals surface area contributed by atoms with Crippen LogP contribution in [0.25, 0.3) is 0 Å². The van der Waals surface area contributed by atoms with Crippen molar-refractivity contribution < 1.29 is 28.5 Å². The summed E-state index contributed by atoms with van der Waals surface area (Å²) in [5, 5.41) is 0. The highest BCUT2D eigenvalue weighted by Gasteiger charge is 2.32. The first-order chi connectivity index (χ1) is 10.5. The second-order valence-electron chi connectivity index (χ2n) is 4.31. The van der Waals surface area contributed by atoms with E-state index in [1.54, 1.807) is 0 Å². The van der Waals surface area contributed by atoms with Crippen molar-refractivity contribution in [3.8, 4) is 11.5 Å². The van der Waals surface area contributed by atoms with E-state index in [1.807, 2.05) is 29.5 Å². The topological polar surface area (TPSA) is 71.1 Å². The van der Waals surface area contributed by atoms with E-state index in [4.69, 9.17) is 18.9 Å². The molecule has 7 heteroatoms. The van der Waals surface area contributed by atoms with Crippen LogP contribution in [0.1, 0.15) is 27.6 Å². The predicted molar refractivity (Wildman–Crippen MR) is 86.6 cm³/mol. The van der Waals surface area contributed by atoms with Crippen molar-refractivity contribution in [2.75, 3.05) is 27.6 Å². The first-order valence-corrected chi connectivity index (χ1v) is 7.58. The third-order valence-electron chi connectivity index (χ3n) is 3.09. The van der Waals surface area contributed by atoms with Crippen LogP contribution in [-0.4, -0.2) is 39.2 Å². The number of carbonyl (C=O) groups is 2. The van der Waals surface area contributed by atoms with Crippen LogP contribution in [0, 0.1) is 3.57 Å². The second kappa shape index (κ2) is 7.10. The number of hydrogen-bond donors (Lipinski definition) is 0. The Hall–Kier alpha value is -1.61. The maximum Gasteiger partial charge on any atom is 0.228 e. The largest absolute Gasteiger partial charge is 0.495 e. The molecule has 0 aliphatic heterocycles. The summed E-state index contributed by atoms with van der Waals surface area (Å²) in [5.74, 6) is 0.0136. The lowest BCUT2D eigenvalue weighted by Gasteiger charge is -2.20. The second-order valence-corrected chi connectivity index (χ2v) is 5.38. The molecular weight excluding hydrogens is 403 g/mol. The highest BCUT2D eigenvalue weighted by Crippen LogP contribution is 2.39. The Morgan fingerprint density at radius 1 is 1.18 bits per heavy atom. The summed E-state index contributed by atoms with van der Waals surface area (Å²) < 4.78 is 21.5. The Kier molecular flexibility index (Phi) is 5.41. The zero-order valence-electron chi connectivity index (χ0n) is 12.4. The molecule has 0 bridgehead atoms. The van der Waals surface area contributed by atoms with Gasteiger partial charge in [0.25, 0.3) is 0 Å². The molecule has 0 radical (unpaired) electrons. The summed E-state index contributed by atoms with van der Waals surface area (Å²) in [5.41, 5.74) is 0.426. The van der Waals surface area contributed by atoms with Crippen molar-refractivity contribution in [2.45, 2.75) is 6.92 Å². The van der Waals surface area contributed by atoms with Crippen LogP contribution >= 0.6 is 22.6 Å². The fourth-order valence-corrected chi connectivity index (χ4v) is 2.86. The fraction of sp³-hybridized carbons (Fsp3) is 0.333. The number of ketones is 2. The molecule has 0 unspecified atom stereocenters. The zero-order valence-corrected chi connectivity index (χ0v) is 14.6. The molecule has 1 aliphatic carbocycles. The Morgan fingerprint density at radius 3 is 2.50 bits per heavy atom. The van der Waals surface area contributed by atoms with Crippen molar-refractivity contribution in [3.63, 3.8) is 0 Å². The minimum atomic E-state index is -0.381. The first-order valence-electron chi connectivity index (χ1n) is 6.50. The van der Waals surface area contributed by atoms with E-state index < -0.39 is 0 Å². The van der Waals surface area contributed by atoms with Crippen molar-refractivity contribution in [2.24, 2.45) is 0 Å². The van der Waals surface area contributed by atoms with E-state index >= 15 is 0 Å². The standard InChI is InChI=1S/C15H15IO6/c1-4-21-7-22-10-5-8-12(15(20-3)13(10)16)9(17)6-11(19-2)14(8)18/h5-6H,4,7H2,1-3H3. The third-order valence-corrected chi connectivity index (χ3v) is 4.11. The summed E-state index contributed by atoms with van der Waals surface area (Å²) in [7, 11) is 2.79. The number of halogens is 1.